The molecule has 94 valence electrons. The summed E-state index contributed by atoms with van der Waals surface area (Å²) in [5.41, 5.74) is 3.20. The minimum atomic E-state index is 0.269. The minimum absolute atomic E-state index is 0.269. The Morgan fingerprint density at radius 3 is 2.67 bits per heavy atom. The van der Waals surface area contributed by atoms with E-state index < -0.39 is 0 Å². The number of hydrogen-bond acceptors (Lipinski definition) is 3. The molecule has 0 heterocycles. The number of benzene rings is 2. The van der Waals surface area contributed by atoms with Crippen molar-refractivity contribution in [3.8, 4) is 11.5 Å². The highest BCUT2D eigenvalue weighted by Crippen LogP contribution is 2.20. The van der Waals surface area contributed by atoms with Gasteiger partial charge in [0, 0.05) is 18.3 Å². The smallest absolute Gasteiger partial charge is 0.121 e. The quantitative estimate of drug-likeness (QED) is 0.865. The van der Waals surface area contributed by atoms with Crippen LogP contribution < -0.4 is 10.1 Å². The van der Waals surface area contributed by atoms with E-state index >= 15 is 0 Å². The van der Waals surface area contributed by atoms with Crippen LogP contribution >= 0.6 is 0 Å². The predicted molar refractivity (Wildman–Crippen MR) is 73.2 cm³/mol. The summed E-state index contributed by atoms with van der Waals surface area (Å²) in [5, 5.41) is 12.6. The third kappa shape index (κ3) is 2.94. The molecule has 2 aromatic rings. The lowest BCUT2D eigenvalue weighted by Crippen LogP contribution is -2.00. The number of phenols is 1. The largest absolute Gasteiger partial charge is 0.508 e. The van der Waals surface area contributed by atoms with Crippen molar-refractivity contribution in [1.29, 1.82) is 0 Å². The molecular weight excluding hydrogens is 226 g/mol. The van der Waals surface area contributed by atoms with Crippen LogP contribution in [0.1, 0.15) is 11.1 Å². The third-order valence-corrected chi connectivity index (χ3v) is 2.80. The molecule has 0 amide bonds. The average molecular weight is 243 g/mol. The summed E-state index contributed by atoms with van der Waals surface area (Å²) in [6.07, 6.45) is 0. The van der Waals surface area contributed by atoms with E-state index in [9.17, 15) is 5.11 Å². The van der Waals surface area contributed by atoms with Gasteiger partial charge in [-0.3, -0.25) is 0 Å². The Balaban J connectivity index is 2.04. The van der Waals surface area contributed by atoms with Gasteiger partial charge in [-0.1, -0.05) is 18.2 Å². The van der Waals surface area contributed by atoms with Gasteiger partial charge < -0.3 is 15.2 Å². The van der Waals surface area contributed by atoms with E-state index in [-0.39, 0.29) is 5.75 Å². The first kappa shape index (κ1) is 12.3. The van der Waals surface area contributed by atoms with E-state index in [4.69, 9.17) is 4.74 Å². The molecular formula is C15H17NO2. The van der Waals surface area contributed by atoms with Gasteiger partial charge in [-0.05, 0) is 36.2 Å². The van der Waals surface area contributed by atoms with Crippen molar-refractivity contribution in [1.82, 2.24) is 0 Å². The van der Waals surface area contributed by atoms with Crippen molar-refractivity contribution < 1.29 is 9.84 Å². The number of rotatable bonds is 4. The Morgan fingerprint density at radius 1 is 1.17 bits per heavy atom. The summed E-state index contributed by atoms with van der Waals surface area (Å²) in [6, 6.07) is 13.2. The molecule has 0 aromatic heterocycles. The maximum absolute atomic E-state index is 9.37. The van der Waals surface area contributed by atoms with Crippen molar-refractivity contribution in [2.24, 2.45) is 0 Å². The van der Waals surface area contributed by atoms with Crippen molar-refractivity contribution >= 4 is 5.69 Å². The number of phenolic OH excluding ortho intramolecular Hbond substituents is 1. The zero-order chi connectivity index (χ0) is 13.0. The second kappa shape index (κ2) is 5.45. The molecule has 0 saturated carbocycles. The Hall–Kier alpha value is -2.16. The third-order valence-electron chi connectivity index (χ3n) is 2.80. The first-order valence-corrected chi connectivity index (χ1v) is 5.85. The summed E-state index contributed by atoms with van der Waals surface area (Å²) in [5.74, 6) is 1.17. The van der Waals surface area contributed by atoms with E-state index in [2.05, 4.69) is 11.4 Å². The van der Waals surface area contributed by atoms with E-state index in [0.717, 1.165) is 17.0 Å². The number of aryl methyl sites for hydroxylation is 1. The van der Waals surface area contributed by atoms with Crippen LogP contribution in [0.2, 0.25) is 0 Å². The van der Waals surface area contributed by atoms with Gasteiger partial charge >= 0.3 is 0 Å². The standard InChI is InChI=1S/C15H17NO2/c1-11-8-12(6-7-15(11)18-2)10-16-13-4-3-5-14(17)9-13/h3-9,16-17H,10H2,1-2H3. The summed E-state index contributed by atoms with van der Waals surface area (Å²) < 4.78 is 5.23. The monoisotopic (exact) mass is 243 g/mol. The van der Waals surface area contributed by atoms with Gasteiger partial charge in [0.05, 0.1) is 7.11 Å². The first-order valence-electron chi connectivity index (χ1n) is 5.85. The fraction of sp³-hybridized carbons (Fsp3) is 0.200. The molecule has 0 radical (unpaired) electrons. The van der Waals surface area contributed by atoms with Gasteiger partial charge in [0.25, 0.3) is 0 Å². The highest BCUT2D eigenvalue weighted by molar-refractivity contribution is 5.48. The number of methoxy groups -OCH3 is 1. The summed E-state index contributed by atoms with van der Waals surface area (Å²) in [6.45, 7) is 2.74. The number of nitrogens with one attached hydrogen (secondary N) is 1. The number of hydrogen-bond donors (Lipinski definition) is 2. The van der Waals surface area contributed by atoms with Crippen molar-refractivity contribution in [2.75, 3.05) is 12.4 Å². The van der Waals surface area contributed by atoms with E-state index in [0.29, 0.717) is 6.54 Å². The van der Waals surface area contributed by atoms with E-state index in [1.54, 1.807) is 19.2 Å². The van der Waals surface area contributed by atoms with Crippen LogP contribution in [-0.4, -0.2) is 12.2 Å². The Morgan fingerprint density at radius 2 is 2.00 bits per heavy atom. The molecule has 2 N–H and O–H groups in total. The lowest BCUT2D eigenvalue weighted by atomic mass is 10.1. The molecule has 0 saturated heterocycles. The molecule has 2 rings (SSSR count). The normalized spacial score (nSPS) is 10.1. The SMILES string of the molecule is COc1ccc(CNc2cccc(O)c2)cc1C. The number of anilines is 1. The maximum atomic E-state index is 9.37. The van der Waals surface area contributed by atoms with Gasteiger partial charge in [-0.2, -0.15) is 0 Å². The Labute approximate surface area is 107 Å². The molecule has 3 nitrogen and oxygen atoms in total. The summed E-state index contributed by atoms with van der Waals surface area (Å²) >= 11 is 0. The Bertz CT molecular complexity index is 538. The molecule has 3 heteroatoms. The Kier molecular flexibility index (Phi) is 3.72. The molecule has 0 fully saturated rings. The van der Waals surface area contributed by atoms with Gasteiger partial charge in [0.2, 0.25) is 0 Å². The highest BCUT2D eigenvalue weighted by atomic mass is 16.5. The zero-order valence-corrected chi connectivity index (χ0v) is 10.6. The average Bonchev–Trinajstić information content (AvgIpc) is 2.37. The molecule has 0 aliphatic rings. The second-order valence-electron chi connectivity index (χ2n) is 4.21. The zero-order valence-electron chi connectivity index (χ0n) is 10.6. The lowest BCUT2D eigenvalue weighted by Gasteiger charge is -2.09. The fourth-order valence-corrected chi connectivity index (χ4v) is 1.87. The van der Waals surface area contributed by atoms with Gasteiger partial charge in [-0.25, -0.2) is 0 Å². The second-order valence-corrected chi connectivity index (χ2v) is 4.21. The molecule has 0 aliphatic heterocycles. The predicted octanol–water partition coefficient (Wildman–Crippen LogP) is 3.32. The van der Waals surface area contributed by atoms with Crippen LogP contribution in [0.5, 0.6) is 11.5 Å². The van der Waals surface area contributed by atoms with E-state index in [1.807, 2.05) is 31.2 Å². The van der Waals surface area contributed by atoms with Gasteiger partial charge in [0.1, 0.15) is 11.5 Å². The maximum Gasteiger partial charge on any atom is 0.121 e. The van der Waals surface area contributed by atoms with Crippen LogP contribution in [0.15, 0.2) is 42.5 Å². The molecule has 0 atom stereocenters. The van der Waals surface area contributed by atoms with Crippen molar-refractivity contribution in [3.63, 3.8) is 0 Å². The van der Waals surface area contributed by atoms with Crippen LogP contribution in [0.3, 0.4) is 0 Å². The van der Waals surface area contributed by atoms with E-state index in [1.165, 1.54) is 5.56 Å². The van der Waals surface area contributed by atoms with Crippen molar-refractivity contribution in [2.45, 2.75) is 13.5 Å². The minimum Gasteiger partial charge on any atom is -0.508 e. The summed E-state index contributed by atoms with van der Waals surface area (Å²) in [7, 11) is 1.67. The summed E-state index contributed by atoms with van der Waals surface area (Å²) in [4.78, 5) is 0. The molecule has 18 heavy (non-hydrogen) atoms. The van der Waals surface area contributed by atoms with Gasteiger partial charge in [0.15, 0.2) is 0 Å². The number of aromatic hydroxyl groups is 1. The van der Waals surface area contributed by atoms with Crippen LogP contribution in [0.4, 0.5) is 5.69 Å². The highest BCUT2D eigenvalue weighted by Gasteiger charge is 2.00. The van der Waals surface area contributed by atoms with Crippen LogP contribution in [0.25, 0.3) is 0 Å². The van der Waals surface area contributed by atoms with Crippen molar-refractivity contribution in [3.05, 3.63) is 53.6 Å². The molecule has 0 aliphatic carbocycles. The number of ether oxygens (including phenoxy) is 1. The molecule has 0 unspecified atom stereocenters. The van der Waals surface area contributed by atoms with Gasteiger partial charge in [-0.15, -0.1) is 0 Å². The lowest BCUT2D eigenvalue weighted by molar-refractivity contribution is 0.411. The topological polar surface area (TPSA) is 41.5 Å². The molecule has 0 spiro atoms. The fourth-order valence-electron chi connectivity index (χ4n) is 1.87. The molecule has 2 aromatic carbocycles. The first-order chi connectivity index (χ1) is 8.69. The van der Waals surface area contributed by atoms with Crippen LogP contribution in [0, 0.1) is 6.92 Å². The molecule has 0 bridgehead atoms. The van der Waals surface area contributed by atoms with Crippen LogP contribution in [-0.2, 0) is 6.54 Å².